The van der Waals surface area contributed by atoms with Crippen molar-refractivity contribution in [3.05, 3.63) is 0 Å². The molecular formula is C13H24N4O2S. The van der Waals surface area contributed by atoms with Crippen LogP contribution in [-0.4, -0.2) is 104 Å². The van der Waals surface area contributed by atoms with E-state index in [9.17, 15) is 0 Å². The van der Waals surface area contributed by atoms with E-state index in [1.165, 1.54) is 0 Å². The van der Waals surface area contributed by atoms with Crippen molar-refractivity contribution < 1.29 is 9.47 Å². The second-order valence-corrected chi connectivity index (χ2v) is 5.92. The fourth-order valence-electron chi connectivity index (χ4n) is 2.86. The Hall–Kier alpha value is -0.470. The molecule has 0 N–H and O–H groups in total. The van der Waals surface area contributed by atoms with Gasteiger partial charge in [0.05, 0.1) is 39.8 Å². The highest BCUT2D eigenvalue weighted by molar-refractivity contribution is 7.80. The molecule has 6 nitrogen and oxygen atoms in total. The molecule has 7 heteroatoms. The molecular weight excluding hydrogens is 276 g/mol. The first-order chi connectivity index (χ1) is 9.83. The van der Waals surface area contributed by atoms with E-state index in [2.05, 4.69) is 19.6 Å². The van der Waals surface area contributed by atoms with E-state index in [1.807, 2.05) is 0 Å². The highest BCUT2D eigenvalue weighted by atomic mass is 32.1. The van der Waals surface area contributed by atoms with Crippen LogP contribution in [0.4, 0.5) is 0 Å². The molecule has 3 aliphatic heterocycles. The van der Waals surface area contributed by atoms with Gasteiger partial charge in [0.15, 0.2) is 5.11 Å². The summed E-state index contributed by atoms with van der Waals surface area (Å²) in [7, 11) is 0. The number of nitrogens with zero attached hydrogens (tertiary/aromatic N) is 4. The van der Waals surface area contributed by atoms with Crippen molar-refractivity contribution in [3.63, 3.8) is 0 Å². The van der Waals surface area contributed by atoms with Gasteiger partial charge in [-0.15, -0.1) is 0 Å². The number of ether oxygens (including phenoxy) is 2. The average Bonchev–Trinajstić information content (AvgIpc) is 2.83. The van der Waals surface area contributed by atoms with E-state index in [4.69, 9.17) is 21.7 Å². The second kappa shape index (κ2) is 7.00. The van der Waals surface area contributed by atoms with Gasteiger partial charge >= 0.3 is 0 Å². The van der Waals surface area contributed by atoms with Crippen molar-refractivity contribution in [1.29, 1.82) is 0 Å². The third-order valence-corrected chi connectivity index (χ3v) is 4.65. The number of hydrogen-bond acceptors (Lipinski definition) is 5. The Bertz CT molecular complexity index is 302. The largest absolute Gasteiger partial charge is 0.379 e. The van der Waals surface area contributed by atoms with Crippen LogP contribution in [-0.2, 0) is 9.47 Å². The standard InChI is InChI=1S/C13H24N4O2S/c20-13-16(11-14-3-7-18-8-4-14)1-2-17(13)12-15-5-9-19-10-6-15/h1-12H2. The molecule has 0 unspecified atom stereocenters. The lowest BCUT2D eigenvalue weighted by Crippen LogP contribution is -2.47. The zero-order valence-electron chi connectivity index (χ0n) is 12.0. The van der Waals surface area contributed by atoms with Gasteiger partial charge < -0.3 is 19.3 Å². The van der Waals surface area contributed by atoms with E-state index in [1.54, 1.807) is 0 Å². The van der Waals surface area contributed by atoms with Gasteiger partial charge in [0.2, 0.25) is 0 Å². The Labute approximate surface area is 126 Å². The van der Waals surface area contributed by atoms with Gasteiger partial charge in [-0.1, -0.05) is 0 Å². The van der Waals surface area contributed by atoms with Crippen molar-refractivity contribution in [2.75, 3.05) is 79.0 Å². The maximum atomic E-state index is 5.63. The lowest BCUT2D eigenvalue weighted by Gasteiger charge is -2.33. The zero-order chi connectivity index (χ0) is 13.8. The molecule has 3 rings (SSSR count). The molecule has 0 aliphatic carbocycles. The van der Waals surface area contributed by atoms with Gasteiger partial charge in [-0.25, -0.2) is 0 Å². The second-order valence-electron chi connectivity index (χ2n) is 5.55. The van der Waals surface area contributed by atoms with E-state index >= 15 is 0 Å². The van der Waals surface area contributed by atoms with E-state index in [0.29, 0.717) is 0 Å². The summed E-state index contributed by atoms with van der Waals surface area (Å²) in [6.07, 6.45) is 0. The molecule has 0 aromatic rings. The average molecular weight is 300 g/mol. The summed E-state index contributed by atoms with van der Waals surface area (Å²) in [5.74, 6) is 0. The van der Waals surface area contributed by atoms with E-state index < -0.39 is 0 Å². The molecule has 0 amide bonds. The quantitative estimate of drug-likeness (QED) is 0.645. The summed E-state index contributed by atoms with van der Waals surface area (Å²) >= 11 is 5.63. The predicted molar refractivity (Wildman–Crippen MR) is 80.5 cm³/mol. The Morgan fingerprint density at radius 1 is 0.700 bits per heavy atom. The van der Waals surface area contributed by atoms with Crippen LogP contribution in [0.5, 0.6) is 0 Å². The smallest absolute Gasteiger partial charge is 0.173 e. The molecule has 3 aliphatic rings. The minimum absolute atomic E-state index is 0.845. The molecule has 114 valence electrons. The first-order valence-electron chi connectivity index (χ1n) is 7.47. The number of rotatable bonds is 4. The van der Waals surface area contributed by atoms with Crippen LogP contribution in [0.25, 0.3) is 0 Å². The summed E-state index contributed by atoms with van der Waals surface area (Å²) in [5.41, 5.74) is 0. The zero-order valence-corrected chi connectivity index (χ0v) is 12.8. The summed E-state index contributed by atoms with van der Waals surface area (Å²) in [4.78, 5) is 9.49. The van der Waals surface area contributed by atoms with Gasteiger partial charge in [-0.2, -0.15) is 0 Å². The van der Waals surface area contributed by atoms with Crippen LogP contribution in [0.1, 0.15) is 0 Å². The molecule has 0 aromatic heterocycles. The van der Waals surface area contributed by atoms with Crippen LogP contribution >= 0.6 is 12.2 Å². The van der Waals surface area contributed by atoms with Crippen molar-refractivity contribution in [1.82, 2.24) is 19.6 Å². The fourth-order valence-corrected chi connectivity index (χ4v) is 3.16. The van der Waals surface area contributed by atoms with Crippen molar-refractivity contribution in [3.8, 4) is 0 Å². The normalized spacial score (nSPS) is 26.5. The maximum Gasteiger partial charge on any atom is 0.173 e. The van der Waals surface area contributed by atoms with Crippen LogP contribution in [0.3, 0.4) is 0 Å². The number of morpholine rings is 2. The van der Waals surface area contributed by atoms with Crippen LogP contribution in [0, 0.1) is 0 Å². The maximum absolute atomic E-state index is 5.63. The Balaban J connectivity index is 1.46. The van der Waals surface area contributed by atoms with Crippen molar-refractivity contribution in [2.24, 2.45) is 0 Å². The molecule has 0 radical (unpaired) electrons. The molecule has 0 spiro atoms. The molecule has 3 fully saturated rings. The van der Waals surface area contributed by atoms with Crippen molar-refractivity contribution >= 4 is 17.3 Å². The van der Waals surface area contributed by atoms with Gasteiger partial charge in [-0.3, -0.25) is 9.80 Å². The molecule has 0 saturated carbocycles. The third kappa shape index (κ3) is 3.59. The molecule has 20 heavy (non-hydrogen) atoms. The first kappa shape index (κ1) is 14.5. The lowest BCUT2D eigenvalue weighted by molar-refractivity contribution is 0.0214. The van der Waals surface area contributed by atoms with Gasteiger partial charge in [0.25, 0.3) is 0 Å². The van der Waals surface area contributed by atoms with Gasteiger partial charge in [0, 0.05) is 39.3 Å². The Morgan fingerprint density at radius 3 is 1.50 bits per heavy atom. The minimum Gasteiger partial charge on any atom is -0.379 e. The predicted octanol–water partition coefficient (Wildman–Crippen LogP) is -0.532. The third-order valence-electron chi connectivity index (χ3n) is 4.13. The molecule has 0 bridgehead atoms. The topological polar surface area (TPSA) is 31.4 Å². The number of hydrogen-bond donors (Lipinski definition) is 0. The summed E-state index contributed by atoms with van der Waals surface area (Å²) in [6.45, 7) is 11.4. The molecule has 0 aromatic carbocycles. The summed E-state index contributed by atoms with van der Waals surface area (Å²) in [6, 6.07) is 0. The Kier molecular flexibility index (Phi) is 5.06. The lowest BCUT2D eigenvalue weighted by atomic mass is 10.4. The van der Waals surface area contributed by atoms with Gasteiger partial charge in [0.1, 0.15) is 0 Å². The highest BCUT2D eigenvalue weighted by Gasteiger charge is 2.28. The first-order valence-corrected chi connectivity index (χ1v) is 7.88. The van der Waals surface area contributed by atoms with E-state index in [-0.39, 0.29) is 0 Å². The SMILES string of the molecule is S=C1N(CN2CCOCC2)CCN1CN1CCOCC1. The molecule has 0 atom stereocenters. The van der Waals surface area contributed by atoms with Crippen LogP contribution in [0.2, 0.25) is 0 Å². The Morgan fingerprint density at radius 2 is 1.10 bits per heavy atom. The fraction of sp³-hybridized carbons (Fsp3) is 0.923. The van der Waals surface area contributed by atoms with Gasteiger partial charge in [-0.05, 0) is 12.2 Å². The van der Waals surface area contributed by atoms with Crippen molar-refractivity contribution in [2.45, 2.75) is 0 Å². The summed E-state index contributed by atoms with van der Waals surface area (Å²) < 4.78 is 10.8. The minimum atomic E-state index is 0.845. The molecule has 3 saturated heterocycles. The summed E-state index contributed by atoms with van der Waals surface area (Å²) in [5, 5.41) is 1.00. The number of thiocarbonyl (C=S) groups is 1. The highest BCUT2D eigenvalue weighted by Crippen LogP contribution is 2.12. The van der Waals surface area contributed by atoms with Crippen LogP contribution in [0.15, 0.2) is 0 Å². The molecule has 3 heterocycles. The van der Waals surface area contributed by atoms with Crippen LogP contribution < -0.4 is 0 Å². The monoisotopic (exact) mass is 300 g/mol. The van der Waals surface area contributed by atoms with E-state index in [0.717, 1.165) is 84.1 Å².